The lowest BCUT2D eigenvalue weighted by Crippen LogP contribution is -2.34. The van der Waals surface area contributed by atoms with E-state index in [1.54, 1.807) is 11.3 Å². The molecule has 0 bridgehead atoms. The third-order valence-corrected chi connectivity index (χ3v) is 8.84. The van der Waals surface area contributed by atoms with E-state index in [4.69, 9.17) is 4.98 Å². The summed E-state index contributed by atoms with van der Waals surface area (Å²) in [5.41, 5.74) is 2.57. The number of aromatic nitrogens is 1. The first-order chi connectivity index (χ1) is 15.6. The molecule has 2 saturated heterocycles. The molecule has 2 aromatic rings. The zero-order valence-electron chi connectivity index (χ0n) is 19.4. The van der Waals surface area contributed by atoms with Gasteiger partial charge in [0, 0.05) is 29.6 Å². The van der Waals surface area contributed by atoms with Gasteiger partial charge < -0.3 is 15.1 Å². The van der Waals surface area contributed by atoms with Crippen LogP contribution >= 0.6 is 23.1 Å². The number of anilines is 2. The van der Waals surface area contributed by atoms with E-state index >= 15 is 0 Å². The lowest BCUT2D eigenvalue weighted by Gasteiger charge is -2.31. The second-order valence-electron chi connectivity index (χ2n) is 9.04. The summed E-state index contributed by atoms with van der Waals surface area (Å²) >= 11 is 3.60. The predicted molar refractivity (Wildman–Crippen MR) is 139 cm³/mol. The number of rotatable bonds is 8. The smallest absolute Gasteiger partial charge is 0.275 e. The lowest BCUT2D eigenvalue weighted by atomic mass is 9.97. The van der Waals surface area contributed by atoms with Gasteiger partial charge >= 0.3 is 0 Å². The average Bonchev–Trinajstić information content (AvgIpc) is 3.34. The van der Waals surface area contributed by atoms with E-state index in [1.165, 1.54) is 32.2 Å². The van der Waals surface area contributed by atoms with Crippen molar-refractivity contribution in [2.24, 2.45) is 0 Å². The van der Waals surface area contributed by atoms with Crippen LogP contribution in [0.3, 0.4) is 0 Å². The first-order valence-corrected chi connectivity index (χ1v) is 14.2. The molecule has 4 rings (SSSR count). The van der Waals surface area contributed by atoms with Crippen molar-refractivity contribution >= 4 is 40.4 Å². The number of nitrogens with zero attached hydrogens (tertiary/aromatic N) is 3. The molecule has 5 nitrogen and oxygen atoms in total. The zero-order chi connectivity index (χ0) is 22.3. The number of para-hydroxylation sites is 2. The maximum Gasteiger partial charge on any atom is 0.275 e. The van der Waals surface area contributed by atoms with Crippen LogP contribution in [0.5, 0.6) is 0 Å². The number of nitrogens with one attached hydrogen (secondary N) is 1. The van der Waals surface area contributed by atoms with E-state index in [2.05, 4.69) is 40.4 Å². The summed E-state index contributed by atoms with van der Waals surface area (Å²) in [6.45, 7) is 7.89. The fourth-order valence-corrected chi connectivity index (χ4v) is 5.95. The third kappa shape index (κ3) is 6.06. The standard InChI is InChI=1S/C25H36N4OS2/c1-19(31-2)10-15-28-16-11-20(12-17-28)25-27-22(18-32-25)24(30)26-21-8-4-5-9-23(21)29-13-6-3-7-14-29/h4-5,8-9,18-20H,3,6-7,10-17H2,1-2H3,(H,26,30). The SMILES string of the molecule is CSC(C)CCN1CCC(c2nc(C(=O)Nc3ccccc3N3CCCCC3)cs2)CC1. The first kappa shape index (κ1) is 23.6. The molecule has 0 saturated carbocycles. The van der Waals surface area contributed by atoms with Crippen LogP contribution in [0.25, 0.3) is 0 Å². The molecule has 32 heavy (non-hydrogen) atoms. The molecule has 1 aromatic carbocycles. The minimum atomic E-state index is -0.0968. The Balaban J connectivity index is 1.33. The number of hydrogen-bond acceptors (Lipinski definition) is 6. The van der Waals surface area contributed by atoms with Crippen molar-refractivity contribution in [3.63, 3.8) is 0 Å². The molecule has 2 fully saturated rings. The van der Waals surface area contributed by atoms with E-state index in [0.717, 1.165) is 60.7 Å². The number of carbonyl (C=O) groups is 1. The molecule has 0 radical (unpaired) electrons. The number of amides is 1. The highest BCUT2D eigenvalue weighted by molar-refractivity contribution is 7.99. The van der Waals surface area contributed by atoms with Crippen LogP contribution in [0.15, 0.2) is 29.6 Å². The molecule has 2 aliphatic heterocycles. The van der Waals surface area contributed by atoms with E-state index in [0.29, 0.717) is 11.6 Å². The predicted octanol–water partition coefficient (Wildman–Crippen LogP) is 5.71. The van der Waals surface area contributed by atoms with Crippen LogP contribution in [-0.2, 0) is 0 Å². The van der Waals surface area contributed by atoms with Gasteiger partial charge in [-0.1, -0.05) is 19.1 Å². The second kappa shape index (κ2) is 11.5. The van der Waals surface area contributed by atoms with Crippen LogP contribution in [-0.4, -0.2) is 60.0 Å². The lowest BCUT2D eigenvalue weighted by molar-refractivity contribution is 0.102. The van der Waals surface area contributed by atoms with Gasteiger partial charge in [-0.15, -0.1) is 11.3 Å². The maximum absolute atomic E-state index is 13.0. The van der Waals surface area contributed by atoms with Crippen molar-refractivity contribution in [1.29, 1.82) is 0 Å². The van der Waals surface area contributed by atoms with E-state index in [-0.39, 0.29) is 5.91 Å². The Morgan fingerprint density at radius 1 is 1.19 bits per heavy atom. The second-order valence-corrected chi connectivity index (χ2v) is 11.2. The van der Waals surface area contributed by atoms with E-state index in [9.17, 15) is 4.79 Å². The molecule has 2 aliphatic rings. The minimum absolute atomic E-state index is 0.0968. The molecular formula is C25H36N4OS2. The summed E-state index contributed by atoms with van der Waals surface area (Å²) in [5.74, 6) is 0.386. The Labute approximate surface area is 201 Å². The molecule has 0 spiro atoms. The Bertz CT molecular complexity index is 872. The van der Waals surface area contributed by atoms with Gasteiger partial charge in [0.25, 0.3) is 5.91 Å². The Kier molecular flexibility index (Phi) is 8.49. The summed E-state index contributed by atoms with van der Waals surface area (Å²) in [5, 5.41) is 6.92. The van der Waals surface area contributed by atoms with Crippen LogP contribution in [0.1, 0.15) is 66.9 Å². The summed E-state index contributed by atoms with van der Waals surface area (Å²) < 4.78 is 0. The largest absolute Gasteiger partial charge is 0.370 e. The van der Waals surface area contributed by atoms with Crippen LogP contribution in [0, 0.1) is 0 Å². The Morgan fingerprint density at radius 2 is 1.94 bits per heavy atom. The van der Waals surface area contributed by atoms with Gasteiger partial charge in [-0.3, -0.25) is 4.79 Å². The molecular weight excluding hydrogens is 436 g/mol. The van der Waals surface area contributed by atoms with Crippen molar-refractivity contribution in [3.8, 4) is 0 Å². The van der Waals surface area contributed by atoms with Gasteiger partial charge in [0.15, 0.2) is 0 Å². The summed E-state index contributed by atoms with van der Waals surface area (Å²) in [7, 11) is 0. The Morgan fingerprint density at radius 3 is 2.69 bits per heavy atom. The number of piperidine rings is 2. The quantitative estimate of drug-likeness (QED) is 0.533. The van der Waals surface area contributed by atoms with Crippen molar-refractivity contribution in [3.05, 3.63) is 40.3 Å². The fraction of sp³-hybridized carbons (Fsp3) is 0.600. The average molecular weight is 473 g/mol. The highest BCUT2D eigenvalue weighted by Gasteiger charge is 2.24. The molecule has 7 heteroatoms. The number of thiazole rings is 1. The highest BCUT2D eigenvalue weighted by atomic mass is 32.2. The molecule has 3 heterocycles. The van der Waals surface area contributed by atoms with Gasteiger partial charge in [-0.25, -0.2) is 4.98 Å². The molecule has 1 atom stereocenters. The normalized spacial score (nSPS) is 19.1. The van der Waals surface area contributed by atoms with Gasteiger partial charge in [0.05, 0.1) is 16.4 Å². The molecule has 0 aliphatic carbocycles. The number of likely N-dealkylation sites (tertiary alicyclic amines) is 1. The molecule has 174 valence electrons. The van der Waals surface area contributed by atoms with E-state index < -0.39 is 0 Å². The zero-order valence-corrected chi connectivity index (χ0v) is 21.0. The van der Waals surface area contributed by atoms with Gasteiger partial charge in [-0.2, -0.15) is 11.8 Å². The summed E-state index contributed by atoms with van der Waals surface area (Å²) in [6, 6.07) is 8.15. The third-order valence-electron chi connectivity index (χ3n) is 6.79. The van der Waals surface area contributed by atoms with Crippen molar-refractivity contribution in [2.75, 3.05) is 49.2 Å². The monoisotopic (exact) mass is 472 g/mol. The number of thioether (sulfide) groups is 1. The minimum Gasteiger partial charge on any atom is -0.370 e. The number of benzene rings is 1. The van der Waals surface area contributed by atoms with E-state index in [1.807, 2.05) is 29.3 Å². The van der Waals surface area contributed by atoms with Gasteiger partial charge in [0.1, 0.15) is 5.69 Å². The molecule has 1 unspecified atom stereocenters. The Hall–Kier alpha value is -1.57. The van der Waals surface area contributed by atoms with Crippen LogP contribution in [0.4, 0.5) is 11.4 Å². The highest BCUT2D eigenvalue weighted by Crippen LogP contribution is 2.32. The number of carbonyl (C=O) groups excluding carboxylic acids is 1. The van der Waals surface area contributed by atoms with Crippen molar-refractivity contribution < 1.29 is 4.79 Å². The van der Waals surface area contributed by atoms with Crippen LogP contribution < -0.4 is 10.2 Å². The van der Waals surface area contributed by atoms with Crippen molar-refractivity contribution in [1.82, 2.24) is 9.88 Å². The van der Waals surface area contributed by atoms with Crippen molar-refractivity contribution in [2.45, 2.75) is 56.6 Å². The molecule has 1 amide bonds. The van der Waals surface area contributed by atoms with Crippen LogP contribution in [0.2, 0.25) is 0 Å². The molecule has 1 N–H and O–H groups in total. The first-order valence-electron chi connectivity index (χ1n) is 12.0. The fourth-order valence-electron chi connectivity index (χ4n) is 4.64. The summed E-state index contributed by atoms with van der Waals surface area (Å²) in [4.78, 5) is 22.7. The maximum atomic E-state index is 13.0. The number of hydrogen-bond donors (Lipinski definition) is 1. The molecule has 1 aromatic heterocycles. The summed E-state index contributed by atoms with van der Waals surface area (Å²) in [6.07, 6.45) is 9.45. The van der Waals surface area contributed by atoms with Gasteiger partial charge in [0.2, 0.25) is 0 Å². The topological polar surface area (TPSA) is 48.5 Å². The van der Waals surface area contributed by atoms with Gasteiger partial charge in [-0.05, 0) is 76.5 Å².